The lowest BCUT2D eigenvalue weighted by Gasteiger charge is -2.06. The number of hydrogen-bond donors (Lipinski definition) is 2. The Kier molecular flexibility index (Phi) is 4.03. The van der Waals surface area contributed by atoms with Crippen LogP contribution >= 0.6 is 11.3 Å². The zero-order chi connectivity index (χ0) is 16.4. The number of anilines is 2. The minimum absolute atomic E-state index is 0.0512. The molecule has 2 N–H and O–H groups in total. The average Bonchev–Trinajstić information content (AvgIpc) is 2.97. The molecule has 6 nitrogen and oxygen atoms in total. The van der Waals surface area contributed by atoms with Crippen LogP contribution in [0.4, 0.5) is 10.8 Å². The molecule has 0 amide bonds. The number of methoxy groups -OCH3 is 2. The molecule has 0 fully saturated rings. The van der Waals surface area contributed by atoms with Crippen LogP contribution in [0.2, 0.25) is 0 Å². The number of thiazole rings is 1. The third-order valence-electron chi connectivity index (χ3n) is 3.26. The van der Waals surface area contributed by atoms with E-state index in [1.807, 2.05) is 18.2 Å². The Labute approximate surface area is 136 Å². The maximum absolute atomic E-state index is 11.4. The number of nitrogens with zero attached hydrogens (tertiary/aromatic N) is 1. The molecular weight excluding hydrogens is 316 g/mol. The zero-order valence-corrected chi connectivity index (χ0v) is 13.3. The van der Waals surface area contributed by atoms with Crippen LogP contribution in [0.15, 0.2) is 36.4 Å². The van der Waals surface area contributed by atoms with Crippen molar-refractivity contribution < 1.29 is 19.4 Å². The highest BCUT2D eigenvalue weighted by molar-refractivity contribution is 7.22. The lowest BCUT2D eigenvalue weighted by atomic mass is 10.2. The Hall–Kier alpha value is -2.80. The van der Waals surface area contributed by atoms with E-state index >= 15 is 0 Å². The number of fused-ring (bicyclic) bond motifs is 1. The second kappa shape index (κ2) is 6.13. The molecule has 1 aromatic heterocycles. The molecule has 0 aliphatic heterocycles. The first-order valence-corrected chi connectivity index (χ1v) is 7.55. The minimum atomic E-state index is -0.501. The number of carbonyl (C=O) groups is 1. The van der Waals surface area contributed by atoms with E-state index in [0.29, 0.717) is 10.8 Å². The monoisotopic (exact) mass is 330 g/mol. The summed E-state index contributed by atoms with van der Waals surface area (Å²) in [6.07, 6.45) is 0. The molecule has 0 saturated carbocycles. The molecule has 3 rings (SSSR count). The molecule has 2 aromatic carbocycles. The number of aromatic hydroxyl groups is 1. The zero-order valence-electron chi connectivity index (χ0n) is 12.5. The van der Waals surface area contributed by atoms with Crippen LogP contribution in [0.25, 0.3) is 10.2 Å². The van der Waals surface area contributed by atoms with Gasteiger partial charge in [-0.2, -0.15) is 0 Å². The molecule has 7 heteroatoms. The lowest BCUT2D eigenvalue weighted by molar-refractivity contribution is 0.0600. The van der Waals surface area contributed by atoms with Crippen LogP contribution in [0.1, 0.15) is 10.4 Å². The molecule has 3 aromatic rings. The van der Waals surface area contributed by atoms with Crippen LogP contribution in [0.3, 0.4) is 0 Å². The van der Waals surface area contributed by atoms with E-state index in [1.165, 1.54) is 24.5 Å². The van der Waals surface area contributed by atoms with Gasteiger partial charge in [-0.05, 0) is 36.4 Å². The first kappa shape index (κ1) is 15.1. The van der Waals surface area contributed by atoms with Crippen molar-refractivity contribution in [3.63, 3.8) is 0 Å². The Bertz CT molecular complexity index is 876. The van der Waals surface area contributed by atoms with Gasteiger partial charge in [-0.25, -0.2) is 9.78 Å². The van der Waals surface area contributed by atoms with E-state index in [4.69, 9.17) is 4.74 Å². The van der Waals surface area contributed by atoms with Crippen LogP contribution in [0.5, 0.6) is 11.5 Å². The van der Waals surface area contributed by atoms with Gasteiger partial charge in [0.2, 0.25) is 0 Å². The maximum Gasteiger partial charge on any atom is 0.337 e. The molecule has 23 heavy (non-hydrogen) atoms. The van der Waals surface area contributed by atoms with E-state index in [2.05, 4.69) is 15.0 Å². The Morgan fingerprint density at radius 1 is 1.22 bits per heavy atom. The van der Waals surface area contributed by atoms with E-state index < -0.39 is 5.97 Å². The van der Waals surface area contributed by atoms with Gasteiger partial charge in [0.25, 0.3) is 0 Å². The fraction of sp³-hybridized carbons (Fsp3) is 0.125. The van der Waals surface area contributed by atoms with Crippen molar-refractivity contribution in [2.75, 3.05) is 19.5 Å². The largest absolute Gasteiger partial charge is 0.506 e. The van der Waals surface area contributed by atoms with Crippen molar-refractivity contribution in [2.24, 2.45) is 0 Å². The quantitative estimate of drug-likeness (QED) is 0.562. The van der Waals surface area contributed by atoms with Gasteiger partial charge in [-0.15, -0.1) is 0 Å². The number of carbonyl (C=O) groups excluding carboxylic acids is 1. The minimum Gasteiger partial charge on any atom is -0.506 e. The topological polar surface area (TPSA) is 80.7 Å². The number of rotatable bonds is 4. The molecule has 0 atom stereocenters. The van der Waals surface area contributed by atoms with Crippen molar-refractivity contribution in [3.8, 4) is 11.5 Å². The van der Waals surface area contributed by atoms with Crippen LogP contribution < -0.4 is 10.1 Å². The van der Waals surface area contributed by atoms with E-state index in [9.17, 15) is 9.90 Å². The number of ether oxygens (including phenoxy) is 2. The summed E-state index contributed by atoms with van der Waals surface area (Å²) in [5.41, 5.74) is 1.58. The SMILES string of the molecule is COC(=O)c1ccc(Nc2nc3ccc(OC)cc3s2)c(O)c1. The Morgan fingerprint density at radius 3 is 2.74 bits per heavy atom. The number of phenolic OH excluding ortho intramolecular Hbond substituents is 1. The maximum atomic E-state index is 11.4. The van der Waals surface area contributed by atoms with E-state index in [0.717, 1.165) is 16.0 Å². The molecule has 0 radical (unpaired) electrons. The van der Waals surface area contributed by atoms with Gasteiger partial charge in [0.1, 0.15) is 11.5 Å². The fourth-order valence-corrected chi connectivity index (χ4v) is 2.99. The lowest BCUT2D eigenvalue weighted by Crippen LogP contribution is -2.01. The van der Waals surface area contributed by atoms with Gasteiger partial charge < -0.3 is 19.9 Å². The van der Waals surface area contributed by atoms with Gasteiger partial charge in [0.15, 0.2) is 5.13 Å². The van der Waals surface area contributed by atoms with E-state index in [1.54, 1.807) is 19.2 Å². The highest BCUT2D eigenvalue weighted by Crippen LogP contribution is 2.33. The highest BCUT2D eigenvalue weighted by Gasteiger charge is 2.11. The number of benzene rings is 2. The Morgan fingerprint density at radius 2 is 2.04 bits per heavy atom. The summed E-state index contributed by atoms with van der Waals surface area (Å²) in [6.45, 7) is 0. The molecule has 0 bridgehead atoms. The van der Waals surface area contributed by atoms with E-state index in [-0.39, 0.29) is 11.3 Å². The average molecular weight is 330 g/mol. The summed E-state index contributed by atoms with van der Waals surface area (Å²) in [5, 5.41) is 13.7. The van der Waals surface area contributed by atoms with Crippen molar-refractivity contribution in [3.05, 3.63) is 42.0 Å². The first-order chi connectivity index (χ1) is 11.1. The summed E-state index contributed by atoms with van der Waals surface area (Å²) < 4.78 is 10.8. The normalized spacial score (nSPS) is 10.5. The van der Waals surface area contributed by atoms with Gasteiger partial charge >= 0.3 is 5.97 Å². The first-order valence-electron chi connectivity index (χ1n) is 6.73. The number of phenols is 1. The standard InChI is InChI=1S/C16H14N2O4S/c1-21-10-4-6-12-14(8-10)23-16(18-12)17-11-5-3-9(7-13(11)19)15(20)22-2/h3-8,19H,1-2H3,(H,17,18). The summed E-state index contributed by atoms with van der Waals surface area (Å²) in [4.78, 5) is 15.9. The summed E-state index contributed by atoms with van der Waals surface area (Å²) in [6, 6.07) is 10.1. The molecule has 0 spiro atoms. The fourth-order valence-electron chi connectivity index (χ4n) is 2.08. The molecular formula is C16H14N2O4S. The summed E-state index contributed by atoms with van der Waals surface area (Å²) in [7, 11) is 2.91. The second-order valence-corrected chi connectivity index (χ2v) is 5.73. The predicted molar refractivity (Wildman–Crippen MR) is 88.9 cm³/mol. The third-order valence-corrected chi connectivity index (χ3v) is 4.19. The molecule has 0 saturated heterocycles. The molecule has 0 unspecified atom stereocenters. The Balaban J connectivity index is 1.88. The van der Waals surface area contributed by atoms with Gasteiger partial charge in [0.05, 0.1) is 35.7 Å². The predicted octanol–water partition coefficient (Wildman–Crippen LogP) is 3.54. The molecule has 0 aliphatic rings. The number of hydrogen-bond acceptors (Lipinski definition) is 7. The van der Waals surface area contributed by atoms with Crippen LogP contribution in [-0.2, 0) is 4.74 Å². The van der Waals surface area contributed by atoms with Gasteiger partial charge in [-0.3, -0.25) is 0 Å². The van der Waals surface area contributed by atoms with Crippen molar-refractivity contribution in [1.29, 1.82) is 0 Å². The van der Waals surface area contributed by atoms with Crippen LogP contribution in [0, 0.1) is 0 Å². The number of nitrogens with one attached hydrogen (secondary N) is 1. The molecule has 118 valence electrons. The van der Waals surface area contributed by atoms with Crippen LogP contribution in [-0.4, -0.2) is 30.3 Å². The second-order valence-electron chi connectivity index (χ2n) is 4.70. The van der Waals surface area contributed by atoms with Crippen molar-refractivity contribution in [1.82, 2.24) is 4.98 Å². The summed E-state index contributed by atoms with van der Waals surface area (Å²) >= 11 is 1.44. The van der Waals surface area contributed by atoms with Crippen molar-refractivity contribution >= 4 is 38.3 Å². The third kappa shape index (κ3) is 3.04. The highest BCUT2D eigenvalue weighted by atomic mass is 32.1. The van der Waals surface area contributed by atoms with Crippen molar-refractivity contribution in [2.45, 2.75) is 0 Å². The molecule has 0 aliphatic carbocycles. The smallest absolute Gasteiger partial charge is 0.337 e. The molecule has 1 heterocycles. The summed E-state index contributed by atoms with van der Waals surface area (Å²) in [5.74, 6) is 0.210. The van der Waals surface area contributed by atoms with Gasteiger partial charge in [0, 0.05) is 0 Å². The number of aromatic nitrogens is 1. The number of esters is 1. The van der Waals surface area contributed by atoms with Gasteiger partial charge in [-0.1, -0.05) is 11.3 Å².